The summed E-state index contributed by atoms with van der Waals surface area (Å²) in [4.78, 5) is 35.2. The Balaban J connectivity index is 1.99. The number of carboxylic acid groups (broad SMARTS) is 1. The molecule has 0 radical (unpaired) electrons. The lowest BCUT2D eigenvalue weighted by molar-refractivity contribution is -0.385. The number of hydrogen-bond acceptors (Lipinski definition) is 6. The Morgan fingerprint density at radius 1 is 1.40 bits per heavy atom. The molecule has 1 amide bonds. The van der Waals surface area contributed by atoms with Crippen LogP contribution in [-0.2, 0) is 9.59 Å². The lowest BCUT2D eigenvalue weighted by atomic mass is 9.90. The second kappa shape index (κ2) is 7.82. The van der Waals surface area contributed by atoms with Crippen LogP contribution in [0.25, 0.3) is 0 Å². The average molecular weight is 352 g/mol. The minimum atomic E-state index is -0.912. The molecule has 0 saturated carbocycles. The van der Waals surface area contributed by atoms with Gasteiger partial charge >= 0.3 is 11.7 Å². The van der Waals surface area contributed by atoms with Gasteiger partial charge in [-0.15, -0.1) is 0 Å². The number of carbonyl (C=O) groups is 2. The number of aliphatic carboxylic acids is 1. The van der Waals surface area contributed by atoms with E-state index in [2.05, 4.69) is 0 Å². The second-order valence-electron chi connectivity index (χ2n) is 6.05. The van der Waals surface area contributed by atoms with Crippen molar-refractivity contribution in [2.75, 3.05) is 26.8 Å². The van der Waals surface area contributed by atoms with Gasteiger partial charge in [0.05, 0.1) is 18.0 Å². The number of amides is 1. The van der Waals surface area contributed by atoms with Crippen LogP contribution in [0.4, 0.5) is 5.69 Å². The van der Waals surface area contributed by atoms with Crippen LogP contribution in [0.3, 0.4) is 0 Å². The van der Waals surface area contributed by atoms with Crippen LogP contribution in [-0.4, -0.2) is 53.6 Å². The fourth-order valence-corrected chi connectivity index (χ4v) is 2.87. The van der Waals surface area contributed by atoms with E-state index in [-0.39, 0.29) is 42.2 Å². The van der Waals surface area contributed by atoms with E-state index >= 15 is 0 Å². The predicted molar refractivity (Wildman–Crippen MR) is 86.6 cm³/mol. The lowest BCUT2D eigenvalue weighted by Gasteiger charge is -2.34. The Labute approximate surface area is 144 Å². The second-order valence-corrected chi connectivity index (χ2v) is 6.05. The first kappa shape index (κ1) is 18.5. The Bertz CT molecular complexity index is 676. The largest absolute Gasteiger partial charge is 0.490 e. The van der Waals surface area contributed by atoms with Crippen LogP contribution in [0.5, 0.6) is 11.5 Å². The summed E-state index contributed by atoms with van der Waals surface area (Å²) < 4.78 is 10.3. The topological polar surface area (TPSA) is 119 Å². The molecule has 2 atom stereocenters. The van der Waals surface area contributed by atoms with E-state index in [0.717, 1.165) is 0 Å². The minimum Gasteiger partial charge on any atom is -0.490 e. The monoisotopic (exact) mass is 352 g/mol. The Kier molecular flexibility index (Phi) is 5.79. The molecule has 1 aliphatic rings. The van der Waals surface area contributed by atoms with Gasteiger partial charge in [0.2, 0.25) is 5.75 Å². The molecule has 25 heavy (non-hydrogen) atoms. The van der Waals surface area contributed by atoms with Crippen molar-refractivity contribution in [2.24, 2.45) is 11.8 Å². The molecule has 1 N–H and O–H groups in total. The molecule has 1 heterocycles. The van der Waals surface area contributed by atoms with Crippen molar-refractivity contribution < 1.29 is 29.1 Å². The van der Waals surface area contributed by atoms with Crippen molar-refractivity contribution in [2.45, 2.75) is 13.3 Å². The number of nitro benzene ring substituents is 1. The molecule has 0 aromatic heterocycles. The number of nitrogens with zero attached hydrogens (tertiary/aromatic N) is 2. The first-order valence-electron chi connectivity index (χ1n) is 7.77. The van der Waals surface area contributed by atoms with Gasteiger partial charge in [-0.1, -0.05) is 6.92 Å². The number of hydrogen-bond donors (Lipinski definition) is 1. The normalized spacial score (nSPS) is 20.0. The number of carboxylic acids is 1. The van der Waals surface area contributed by atoms with E-state index in [4.69, 9.17) is 14.6 Å². The SMILES string of the molecule is COc1cc(OCC(=O)N2CC(C)CC(C(=O)O)C2)ccc1[N+](=O)[O-]. The van der Waals surface area contributed by atoms with Crippen molar-refractivity contribution in [1.29, 1.82) is 0 Å². The summed E-state index contributed by atoms with van der Waals surface area (Å²) in [6, 6.07) is 3.96. The highest BCUT2D eigenvalue weighted by molar-refractivity contribution is 5.79. The van der Waals surface area contributed by atoms with Crippen molar-refractivity contribution in [1.82, 2.24) is 4.90 Å². The summed E-state index contributed by atoms with van der Waals surface area (Å²) in [6.45, 7) is 2.26. The minimum absolute atomic E-state index is 0.0347. The highest BCUT2D eigenvalue weighted by atomic mass is 16.6. The van der Waals surface area contributed by atoms with E-state index in [9.17, 15) is 19.7 Å². The number of methoxy groups -OCH3 is 1. The number of likely N-dealkylation sites (tertiary alicyclic amines) is 1. The number of benzene rings is 1. The third kappa shape index (κ3) is 4.59. The van der Waals surface area contributed by atoms with Gasteiger partial charge in [-0.2, -0.15) is 0 Å². The van der Waals surface area contributed by atoms with Crippen molar-refractivity contribution in [3.63, 3.8) is 0 Å². The quantitative estimate of drug-likeness (QED) is 0.609. The van der Waals surface area contributed by atoms with Gasteiger partial charge in [0.1, 0.15) is 5.75 Å². The fraction of sp³-hybridized carbons (Fsp3) is 0.500. The van der Waals surface area contributed by atoms with Gasteiger partial charge in [-0.05, 0) is 18.4 Å². The third-order valence-electron chi connectivity index (χ3n) is 4.07. The highest BCUT2D eigenvalue weighted by Gasteiger charge is 2.32. The first-order chi connectivity index (χ1) is 11.8. The molecule has 9 nitrogen and oxygen atoms in total. The maximum absolute atomic E-state index is 12.3. The Hall–Kier alpha value is -2.84. The predicted octanol–water partition coefficient (Wildman–Crippen LogP) is 1.55. The number of piperidine rings is 1. The molecule has 0 aliphatic carbocycles. The van der Waals surface area contributed by atoms with Crippen LogP contribution >= 0.6 is 0 Å². The number of rotatable bonds is 6. The molecule has 1 aliphatic heterocycles. The zero-order valence-electron chi connectivity index (χ0n) is 14.0. The van der Waals surface area contributed by atoms with Crippen LogP contribution in [0.1, 0.15) is 13.3 Å². The van der Waals surface area contributed by atoms with Gasteiger partial charge in [0.25, 0.3) is 5.91 Å². The molecule has 1 aromatic carbocycles. The maximum Gasteiger partial charge on any atom is 0.311 e. The van der Waals surface area contributed by atoms with Crippen LogP contribution in [0.2, 0.25) is 0 Å². The molecule has 0 spiro atoms. The lowest BCUT2D eigenvalue weighted by Crippen LogP contribution is -2.47. The molecule has 0 bridgehead atoms. The zero-order valence-corrected chi connectivity index (χ0v) is 14.0. The number of carbonyl (C=O) groups excluding carboxylic acids is 1. The summed E-state index contributed by atoms with van der Waals surface area (Å²) in [5, 5.41) is 20.0. The van der Waals surface area contributed by atoms with Gasteiger partial charge in [-0.25, -0.2) is 0 Å². The molecule has 136 valence electrons. The fourth-order valence-electron chi connectivity index (χ4n) is 2.87. The summed E-state index contributed by atoms with van der Waals surface area (Å²) in [6.07, 6.45) is 0.541. The highest BCUT2D eigenvalue weighted by Crippen LogP contribution is 2.30. The summed E-state index contributed by atoms with van der Waals surface area (Å²) in [5.74, 6) is -1.42. The Morgan fingerprint density at radius 3 is 2.72 bits per heavy atom. The van der Waals surface area contributed by atoms with E-state index in [1.54, 1.807) is 0 Å². The van der Waals surface area contributed by atoms with E-state index in [0.29, 0.717) is 13.0 Å². The van der Waals surface area contributed by atoms with E-state index < -0.39 is 16.8 Å². The molecule has 1 aromatic rings. The smallest absolute Gasteiger partial charge is 0.311 e. The van der Waals surface area contributed by atoms with E-state index in [1.165, 1.54) is 30.2 Å². The Morgan fingerprint density at radius 2 is 2.12 bits per heavy atom. The van der Waals surface area contributed by atoms with Crippen molar-refractivity contribution >= 4 is 17.6 Å². The number of nitro groups is 1. The van der Waals surface area contributed by atoms with Gasteiger partial charge in [0, 0.05) is 25.2 Å². The maximum atomic E-state index is 12.3. The van der Waals surface area contributed by atoms with E-state index in [1.807, 2.05) is 6.92 Å². The standard InChI is InChI=1S/C16H20N2O7/c1-10-5-11(16(20)21)8-17(7-10)15(19)9-25-12-3-4-13(18(22)23)14(6-12)24-2/h3-4,6,10-11H,5,7-9H2,1-2H3,(H,20,21). The zero-order chi connectivity index (χ0) is 18.6. The van der Waals surface area contributed by atoms with Gasteiger partial charge < -0.3 is 19.5 Å². The third-order valence-corrected chi connectivity index (χ3v) is 4.07. The van der Waals surface area contributed by atoms with Gasteiger partial charge in [0.15, 0.2) is 6.61 Å². The average Bonchev–Trinajstić information content (AvgIpc) is 2.58. The van der Waals surface area contributed by atoms with Crippen molar-refractivity contribution in [3.05, 3.63) is 28.3 Å². The van der Waals surface area contributed by atoms with Crippen LogP contribution in [0.15, 0.2) is 18.2 Å². The summed E-state index contributed by atoms with van der Waals surface area (Å²) in [7, 11) is 1.30. The molecular formula is C16H20N2O7. The molecule has 1 saturated heterocycles. The summed E-state index contributed by atoms with van der Waals surface area (Å²) in [5.41, 5.74) is -0.199. The van der Waals surface area contributed by atoms with Gasteiger partial charge in [-0.3, -0.25) is 19.7 Å². The van der Waals surface area contributed by atoms with Crippen molar-refractivity contribution in [3.8, 4) is 11.5 Å². The molecule has 2 unspecified atom stereocenters. The van der Waals surface area contributed by atoms with Crippen LogP contribution in [0, 0.1) is 22.0 Å². The molecule has 1 fully saturated rings. The number of ether oxygens (including phenoxy) is 2. The molecule has 9 heteroatoms. The first-order valence-corrected chi connectivity index (χ1v) is 7.77. The summed E-state index contributed by atoms with van der Waals surface area (Å²) >= 11 is 0. The molecule has 2 rings (SSSR count). The molecular weight excluding hydrogens is 332 g/mol. The van der Waals surface area contributed by atoms with Crippen LogP contribution < -0.4 is 9.47 Å².